The number of thiol groups is 2. The van der Waals surface area contributed by atoms with Gasteiger partial charge in [-0.1, -0.05) is 24.4 Å². The summed E-state index contributed by atoms with van der Waals surface area (Å²) in [6, 6.07) is 0. The van der Waals surface area contributed by atoms with E-state index in [4.69, 9.17) is 24.4 Å². The molecule has 0 N–H and O–H groups in total. The summed E-state index contributed by atoms with van der Waals surface area (Å²) in [5, 5.41) is 0. The molecule has 0 aliphatic heterocycles. The van der Waals surface area contributed by atoms with Crippen molar-refractivity contribution in [3.8, 4) is 0 Å². The van der Waals surface area contributed by atoms with Crippen LogP contribution in [0.5, 0.6) is 0 Å². The molecule has 0 unspecified atom stereocenters. The molecule has 0 saturated heterocycles. The lowest BCUT2D eigenvalue weighted by Crippen LogP contribution is -1.87. The lowest BCUT2D eigenvalue weighted by atomic mass is 11.0. The average Bonchev–Trinajstić information content (AvgIpc) is 1.79. The minimum Gasteiger partial charge on any atom is -0.125 e. The zero-order valence-corrected chi connectivity index (χ0v) is 10.00. The predicted molar refractivity (Wildman–Crippen MR) is 68.1 cm³/mol. The van der Waals surface area contributed by atoms with Crippen molar-refractivity contribution in [2.75, 3.05) is 11.5 Å². The van der Waals surface area contributed by atoms with Gasteiger partial charge < -0.3 is 0 Å². The maximum Gasteiger partial charge on any atom is 0.101 e. The fourth-order valence-corrected chi connectivity index (χ4v) is 2.32. The van der Waals surface area contributed by atoms with Gasteiger partial charge in [-0.3, -0.25) is 0 Å². The van der Waals surface area contributed by atoms with Gasteiger partial charge in [-0.2, -0.15) is 0 Å². The van der Waals surface area contributed by atoms with Gasteiger partial charge in [0, 0.05) is 11.5 Å². The van der Waals surface area contributed by atoms with Crippen LogP contribution in [-0.2, 0) is 0 Å². The van der Waals surface area contributed by atoms with Crippen LogP contribution in [0.1, 0.15) is 0 Å². The van der Waals surface area contributed by atoms with Crippen molar-refractivity contribution < 1.29 is 0 Å². The summed E-state index contributed by atoms with van der Waals surface area (Å²) < 4.78 is 1.37. The number of rotatable bonds is 3. The van der Waals surface area contributed by atoms with E-state index in [1.165, 1.54) is 0 Å². The molecule has 0 nitrogen and oxygen atoms in total. The highest BCUT2D eigenvalue weighted by Crippen LogP contribution is 2.13. The van der Waals surface area contributed by atoms with Gasteiger partial charge in [-0.25, -0.2) is 0 Å². The van der Waals surface area contributed by atoms with Crippen LogP contribution in [0.4, 0.5) is 0 Å². The van der Waals surface area contributed by atoms with E-state index in [9.17, 15) is 0 Å². The predicted octanol–water partition coefficient (Wildman–Crippen LogP) is 2.88. The molecule has 58 valence electrons. The molecule has 0 atom stereocenters. The zero-order chi connectivity index (χ0) is 7.98. The largest absolute Gasteiger partial charge is 0.125 e. The van der Waals surface area contributed by atoms with Gasteiger partial charge in [-0.05, 0) is 0 Å². The molecule has 0 aliphatic carbocycles. The number of thioether (sulfide) groups is 2. The Morgan fingerprint density at radius 3 is 1.50 bits per heavy atom. The number of hydrogen-bond donors (Lipinski definition) is 2. The first-order valence-corrected chi connectivity index (χ1v) is 6.02. The monoisotopic (exact) mass is 246 g/mol. The maximum atomic E-state index is 4.74. The van der Waals surface area contributed by atoms with E-state index in [2.05, 4.69) is 25.3 Å². The Bertz CT molecular complexity index is 114. The van der Waals surface area contributed by atoms with Gasteiger partial charge in [0.05, 0.1) is 0 Å². The van der Waals surface area contributed by atoms with Crippen LogP contribution < -0.4 is 0 Å². The second-order valence-corrected chi connectivity index (χ2v) is 6.88. The maximum absolute atomic E-state index is 4.74. The third-order valence-electron chi connectivity index (χ3n) is 0.534. The molecule has 0 aliphatic rings. The molecule has 0 spiro atoms. The second kappa shape index (κ2) is 7.24. The normalized spacial score (nSPS) is 9.40. The Kier molecular flexibility index (Phi) is 8.39. The van der Waals surface area contributed by atoms with Crippen LogP contribution in [0.25, 0.3) is 0 Å². The molecular formula is C4H6S6. The van der Waals surface area contributed by atoms with E-state index in [1.54, 1.807) is 23.5 Å². The highest BCUT2D eigenvalue weighted by molar-refractivity contribution is 8.43. The molecule has 0 aromatic heterocycles. The summed E-state index contributed by atoms with van der Waals surface area (Å²) in [5.41, 5.74) is 0. The van der Waals surface area contributed by atoms with Crippen LogP contribution in [0.2, 0.25) is 0 Å². The van der Waals surface area contributed by atoms with E-state index < -0.39 is 0 Å². The average molecular weight is 246 g/mol. The molecular weight excluding hydrogens is 240 g/mol. The van der Waals surface area contributed by atoms with Gasteiger partial charge >= 0.3 is 0 Å². The number of thiocarbonyl (C=S) groups is 2. The Morgan fingerprint density at radius 2 is 1.30 bits per heavy atom. The van der Waals surface area contributed by atoms with E-state index in [-0.39, 0.29) is 0 Å². The third kappa shape index (κ3) is 9.58. The van der Waals surface area contributed by atoms with E-state index in [0.29, 0.717) is 7.06 Å². The quantitative estimate of drug-likeness (QED) is 0.446. The first kappa shape index (κ1) is 11.6. The van der Waals surface area contributed by atoms with Gasteiger partial charge in [0.15, 0.2) is 0 Å². The molecule has 0 aromatic carbocycles. The first-order chi connectivity index (χ1) is 4.63. The smallest absolute Gasteiger partial charge is 0.101 e. The minimum atomic E-state index is 0.686. The van der Waals surface area contributed by atoms with Crippen molar-refractivity contribution in [3.05, 3.63) is 0 Å². The molecule has 0 radical (unpaired) electrons. The molecule has 0 bridgehead atoms. The Labute approximate surface area is 91.1 Å². The van der Waals surface area contributed by atoms with Gasteiger partial charge in [0.1, 0.15) is 7.06 Å². The molecule has 0 amide bonds. The van der Waals surface area contributed by atoms with Gasteiger partial charge in [0.25, 0.3) is 0 Å². The number of hydrogen-bond acceptors (Lipinski definition) is 4. The van der Waals surface area contributed by atoms with Crippen molar-refractivity contribution >= 4 is 80.3 Å². The van der Waals surface area contributed by atoms with Gasteiger partial charge in [0.2, 0.25) is 0 Å². The third-order valence-corrected chi connectivity index (χ3v) is 3.58. The summed E-state index contributed by atoms with van der Waals surface area (Å²) in [5.74, 6) is 1.90. The van der Waals surface area contributed by atoms with Crippen LogP contribution in [0, 0.1) is 0 Å². The fourth-order valence-electron chi connectivity index (χ4n) is 0.258. The molecule has 0 heterocycles. The summed E-state index contributed by atoms with van der Waals surface area (Å²) in [4.78, 5) is 0. The summed E-state index contributed by atoms with van der Waals surface area (Å²) >= 11 is 20.5. The van der Waals surface area contributed by atoms with Crippen LogP contribution in [0.15, 0.2) is 0 Å². The van der Waals surface area contributed by atoms with Gasteiger partial charge in [-0.15, -0.1) is 48.8 Å². The Morgan fingerprint density at radius 1 is 1.00 bits per heavy atom. The lowest BCUT2D eigenvalue weighted by molar-refractivity contribution is 1.58. The fraction of sp³-hybridized carbons (Fsp3) is 0.500. The van der Waals surface area contributed by atoms with Crippen LogP contribution in [0.3, 0.4) is 0 Å². The van der Waals surface area contributed by atoms with Crippen molar-refractivity contribution in [1.29, 1.82) is 0 Å². The Hall–Kier alpha value is 1.58. The Balaban J connectivity index is 3.06. The van der Waals surface area contributed by atoms with E-state index >= 15 is 0 Å². The topological polar surface area (TPSA) is 0 Å². The summed E-state index contributed by atoms with van der Waals surface area (Å²) in [6.07, 6.45) is 0. The second-order valence-electron chi connectivity index (χ2n) is 1.23. The summed E-state index contributed by atoms with van der Waals surface area (Å²) in [7, 11) is 0. The SMILES string of the molecule is S=C(S)SCCSC(=S)S. The molecule has 6 heteroatoms. The molecule has 0 rings (SSSR count). The van der Waals surface area contributed by atoms with Crippen LogP contribution in [-0.4, -0.2) is 18.6 Å². The highest BCUT2D eigenvalue weighted by atomic mass is 32.2. The van der Waals surface area contributed by atoms with Crippen molar-refractivity contribution in [1.82, 2.24) is 0 Å². The molecule has 10 heavy (non-hydrogen) atoms. The zero-order valence-electron chi connectivity index (χ0n) is 4.94. The highest BCUT2D eigenvalue weighted by Gasteiger charge is 1.92. The van der Waals surface area contributed by atoms with E-state index in [0.717, 1.165) is 11.5 Å². The van der Waals surface area contributed by atoms with Crippen LogP contribution >= 0.6 is 73.2 Å². The van der Waals surface area contributed by atoms with E-state index in [1.807, 2.05) is 0 Å². The first-order valence-electron chi connectivity index (χ1n) is 2.34. The van der Waals surface area contributed by atoms with Crippen molar-refractivity contribution in [3.63, 3.8) is 0 Å². The molecule has 0 fully saturated rings. The minimum absolute atomic E-state index is 0.686. The molecule has 0 aromatic rings. The standard InChI is InChI=1S/C4H6S6/c5-3(6)9-1-2-10-4(7)8/h1-2H2,(H,5,6)(H,7,8). The summed E-state index contributed by atoms with van der Waals surface area (Å²) in [6.45, 7) is 0. The molecule has 0 saturated carbocycles. The van der Waals surface area contributed by atoms with Crippen molar-refractivity contribution in [2.24, 2.45) is 0 Å². The lowest BCUT2D eigenvalue weighted by Gasteiger charge is -1.95. The van der Waals surface area contributed by atoms with Crippen molar-refractivity contribution in [2.45, 2.75) is 0 Å².